The predicted molar refractivity (Wildman–Crippen MR) is 91.0 cm³/mol. The van der Waals surface area contributed by atoms with Gasteiger partial charge in [0.25, 0.3) is 0 Å². The summed E-state index contributed by atoms with van der Waals surface area (Å²) >= 11 is 52.1. The molecule has 1 saturated heterocycles. The van der Waals surface area contributed by atoms with Gasteiger partial charge in [-0.2, -0.15) is 0 Å². The maximum Gasteiger partial charge on any atom is 0.235 e. The number of hydrogen-bond acceptors (Lipinski definition) is 6. The molecule has 9 N–H and O–H groups in total. The van der Waals surface area contributed by atoms with Crippen LogP contribution in [0.15, 0.2) is 0 Å². The molecule has 0 aromatic rings. The normalized spacial score (nSPS) is 39.4. The SMILES string of the molecule is NC1(C(Cl)(Cl)Cl)NC(N)(C(Cl)(Cl)Cl)NC(N)(C(Cl)(Cl)Cl)N1. The summed E-state index contributed by atoms with van der Waals surface area (Å²) in [6.45, 7) is 0. The second-order valence-electron chi connectivity index (χ2n) is 4.29. The van der Waals surface area contributed by atoms with Gasteiger partial charge in [0, 0.05) is 0 Å². The zero-order valence-corrected chi connectivity index (χ0v) is 16.4. The van der Waals surface area contributed by atoms with Crippen LogP contribution in [0.25, 0.3) is 0 Å². The highest BCUT2D eigenvalue weighted by Crippen LogP contribution is 2.45. The molecule has 0 aromatic heterocycles. The molecule has 15 heteroatoms. The van der Waals surface area contributed by atoms with E-state index in [0.717, 1.165) is 0 Å². The van der Waals surface area contributed by atoms with Gasteiger partial charge in [-0.25, -0.2) is 16.0 Å². The highest BCUT2D eigenvalue weighted by atomic mass is 35.6. The van der Waals surface area contributed by atoms with Gasteiger partial charge in [-0.3, -0.25) is 17.2 Å². The van der Waals surface area contributed by atoms with Gasteiger partial charge in [-0.1, -0.05) is 104 Å². The molecule has 1 aliphatic heterocycles. The summed E-state index contributed by atoms with van der Waals surface area (Å²) in [4.78, 5) is 0. The van der Waals surface area contributed by atoms with Crippen molar-refractivity contribution in [3.05, 3.63) is 0 Å². The molecule has 0 atom stereocenters. The smallest absolute Gasteiger partial charge is 0.235 e. The molecule has 0 bridgehead atoms. The molecule has 6 nitrogen and oxygen atoms in total. The van der Waals surface area contributed by atoms with E-state index in [9.17, 15) is 0 Å². The van der Waals surface area contributed by atoms with E-state index in [0.29, 0.717) is 0 Å². The van der Waals surface area contributed by atoms with Crippen LogP contribution < -0.4 is 33.2 Å². The van der Waals surface area contributed by atoms with Crippen molar-refractivity contribution in [2.24, 2.45) is 17.2 Å². The zero-order valence-electron chi connectivity index (χ0n) is 9.63. The Labute approximate surface area is 165 Å². The molecule has 0 spiro atoms. The lowest BCUT2D eigenvalue weighted by Gasteiger charge is -2.59. The molecule has 21 heavy (non-hydrogen) atoms. The van der Waals surface area contributed by atoms with Crippen LogP contribution in [-0.4, -0.2) is 28.7 Å². The monoisotopic (exact) mass is 480 g/mol. The number of hydrogen-bond donors (Lipinski definition) is 6. The summed E-state index contributed by atoms with van der Waals surface area (Å²) in [5.41, 5.74) is 17.7. The van der Waals surface area contributed by atoms with Crippen LogP contribution >= 0.6 is 104 Å². The molecular formula is C6H9Cl9N6. The van der Waals surface area contributed by atoms with Crippen molar-refractivity contribution in [3.63, 3.8) is 0 Å². The Morgan fingerprint density at radius 1 is 0.476 bits per heavy atom. The van der Waals surface area contributed by atoms with Gasteiger partial charge in [0.1, 0.15) is 0 Å². The van der Waals surface area contributed by atoms with Gasteiger partial charge in [0.15, 0.2) is 17.4 Å². The van der Waals surface area contributed by atoms with Crippen LogP contribution in [0.3, 0.4) is 0 Å². The number of nitrogens with one attached hydrogen (secondary N) is 3. The first kappa shape index (κ1) is 21.4. The Bertz CT molecular complexity index is 343. The Balaban J connectivity index is 3.44. The Morgan fingerprint density at radius 3 is 0.714 bits per heavy atom. The fraction of sp³-hybridized carbons (Fsp3) is 1.00. The minimum atomic E-state index is -2.23. The maximum atomic E-state index is 5.91. The second kappa shape index (κ2) is 5.97. The first-order chi connectivity index (χ1) is 8.87. The van der Waals surface area contributed by atoms with Crippen molar-refractivity contribution in [3.8, 4) is 0 Å². The number of halogens is 9. The van der Waals surface area contributed by atoms with Crippen molar-refractivity contribution < 1.29 is 0 Å². The predicted octanol–water partition coefficient (Wildman–Crippen LogP) is 1.72. The molecule has 1 heterocycles. The van der Waals surface area contributed by atoms with Gasteiger partial charge in [0.05, 0.1) is 0 Å². The molecule has 0 aliphatic carbocycles. The molecule has 1 aliphatic rings. The summed E-state index contributed by atoms with van der Waals surface area (Å²) in [7, 11) is 0. The molecule has 0 unspecified atom stereocenters. The molecule has 126 valence electrons. The van der Waals surface area contributed by atoms with Gasteiger partial charge in [-0.15, -0.1) is 0 Å². The maximum absolute atomic E-state index is 5.91. The number of alkyl halides is 9. The number of nitrogens with two attached hydrogens (primary N) is 3. The third-order valence-electron chi connectivity index (χ3n) is 2.52. The number of rotatable bonds is 0. The van der Waals surface area contributed by atoms with Gasteiger partial charge < -0.3 is 0 Å². The van der Waals surface area contributed by atoms with Crippen LogP contribution in [0.5, 0.6) is 0 Å². The quantitative estimate of drug-likeness (QED) is 0.292. The molecular weight excluding hydrogens is 475 g/mol. The van der Waals surface area contributed by atoms with Crippen LogP contribution in [0, 0.1) is 0 Å². The molecule has 0 radical (unpaired) electrons. The third kappa shape index (κ3) is 4.14. The minimum absolute atomic E-state index is 2.12. The van der Waals surface area contributed by atoms with Gasteiger partial charge in [0.2, 0.25) is 11.4 Å². The Hall–Kier alpha value is 2.37. The van der Waals surface area contributed by atoms with Crippen molar-refractivity contribution in [2.75, 3.05) is 0 Å². The molecule has 0 amide bonds. The Morgan fingerprint density at radius 2 is 0.619 bits per heavy atom. The average molecular weight is 484 g/mol. The molecule has 1 rings (SSSR count). The standard InChI is InChI=1S/C6H9Cl9N6/c7-1(8,9)4(16)19-5(17,2(10,11)12)21-6(18,20-4)3(13,14)15/h19-21H,16-18H2. The van der Waals surface area contributed by atoms with E-state index in [1.807, 2.05) is 0 Å². The van der Waals surface area contributed by atoms with E-state index in [2.05, 4.69) is 16.0 Å². The van der Waals surface area contributed by atoms with Crippen LogP contribution in [0.1, 0.15) is 0 Å². The largest absolute Gasteiger partial charge is 0.297 e. The van der Waals surface area contributed by atoms with E-state index < -0.39 is 28.7 Å². The lowest BCUT2D eigenvalue weighted by Crippen LogP contribution is -2.98. The van der Waals surface area contributed by atoms with E-state index in [1.165, 1.54) is 0 Å². The summed E-state index contributed by atoms with van der Waals surface area (Å²) in [5.74, 6) is -6.37. The molecule has 0 aromatic carbocycles. The van der Waals surface area contributed by atoms with Crippen LogP contribution in [-0.2, 0) is 0 Å². The summed E-state index contributed by atoms with van der Waals surface area (Å²) < 4.78 is -6.68. The van der Waals surface area contributed by atoms with Gasteiger partial charge in [-0.05, 0) is 0 Å². The topological polar surface area (TPSA) is 114 Å². The van der Waals surface area contributed by atoms with Crippen molar-refractivity contribution in [1.82, 2.24) is 16.0 Å². The third-order valence-corrected chi connectivity index (χ3v) is 5.21. The highest BCUT2D eigenvalue weighted by Gasteiger charge is 2.66. The van der Waals surface area contributed by atoms with Crippen LogP contribution in [0.4, 0.5) is 0 Å². The van der Waals surface area contributed by atoms with E-state index in [-0.39, 0.29) is 0 Å². The van der Waals surface area contributed by atoms with E-state index in [4.69, 9.17) is 122 Å². The summed E-state index contributed by atoms with van der Waals surface area (Å²) in [5, 5.41) is 7.20. The van der Waals surface area contributed by atoms with E-state index >= 15 is 0 Å². The average Bonchev–Trinajstić information content (AvgIpc) is 2.09. The second-order valence-corrected chi connectivity index (χ2v) is 11.1. The highest BCUT2D eigenvalue weighted by molar-refractivity contribution is 6.70. The van der Waals surface area contributed by atoms with Crippen molar-refractivity contribution >= 4 is 104 Å². The lowest BCUT2D eigenvalue weighted by molar-refractivity contribution is 0.000794. The molecule has 1 fully saturated rings. The van der Waals surface area contributed by atoms with Crippen molar-refractivity contribution in [1.29, 1.82) is 0 Å². The fourth-order valence-corrected chi connectivity index (χ4v) is 2.30. The Kier molecular flexibility index (Phi) is 6.09. The first-order valence-electron chi connectivity index (χ1n) is 4.82. The summed E-state index contributed by atoms with van der Waals surface area (Å²) in [6.07, 6.45) is 0. The zero-order chi connectivity index (χ0) is 17.1. The fourth-order valence-electron chi connectivity index (χ4n) is 1.45. The van der Waals surface area contributed by atoms with Gasteiger partial charge >= 0.3 is 0 Å². The van der Waals surface area contributed by atoms with Crippen LogP contribution in [0.2, 0.25) is 0 Å². The minimum Gasteiger partial charge on any atom is -0.297 e. The first-order valence-corrected chi connectivity index (χ1v) is 8.22. The lowest BCUT2D eigenvalue weighted by atomic mass is 10.1. The van der Waals surface area contributed by atoms with E-state index in [1.54, 1.807) is 0 Å². The van der Waals surface area contributed by atoms with Crippen molar-refractivity contribution in [2.45, 2.75) is 28.7 Å². The summed E-state index contributed by atoms with van der Waals surface area (Å²) in [6, 6.07) is 0. The molecule has 0 saturated carbocycles.